The molecule has 0 heterocycles. The molecule has 1 aliphatic carbocycles. The second-order valence-corrected chi connectivity index (χ2v) is 4.97. The summed E-state index contributed by atoms with van der Waals surface area (Å²) in [6, 6.07) is 7.76. The molecule has 94 valence electrons. The highest BCUT2D eigenvalue weighted by Gasteiger charge is 2.20. The Hall–Kier alpha value is -1.02. The van der Waals surface area contributed by atoms with Crippen LogP contribution >= 0.6 is 0 Å². The summed E-state index contributed by atoms with van der Waals surface area (Å²) in [6.45, 7) is 2.38. The Morgan fingerprint density at radius 1 is 1.12 bits per heavy atom. The third-order valence-electron chi connectivity index (χ3n) is 3.78. The van der Waals surface area contributed by atoms with Crippen LogP contribution in [0.15, 0.2) is 24.3 Å². The van der Waals surface area contributed by atoms with Crippen LogP contribution in [0.5, 0.6) is 5.75 Å². The van der Waals surface area contributed by atoms with Gasteiger partial charge in [0.25, 0.3) is 0 Å². The second-order valence-electron chi connectivity index (χ2n) is 4.97. The van der Waals surface area contributed by atoms with Gasteiger partial charge in [0.15, 0.2) is 0 Å². The van der Waals surface area contributed by atoms with E-state index in [9.17, 15) is 0 Å². The van der Waals surface area contributed by atoms with E-state index in [1.54, 1.807) is 0 Å². The summed E-state index contributed by atoms with van der Waals surface area (Å²) >= 11 is 0. The third-order valence-corrected chi connectivity index (χ3v) is 3.78. The maximum absolute atomic E-state index is 8.97. The summed E-state index contributed by atoms with van der Waals surface area (Å²) in [6.07, 6.45) is 6.65. The Balaban J connectivity index is 1.84. The lowest BCUT2D eigenvalue weighted by Gasteiger charge is -2.28. The fourth-order valence-corrected chi connectivity index (χ4v) is 2.52. The van der Waals surface area contributed by atoms with Crippen molar-refractivity contribution in [1.29, 1.82) is 0 Å². The molecular weight excluding hydrogens is 212 g/mol. The molecule has 0 saturated heterocycles. The molecule has 1 aliphatic rings. The molecule has 0 aromatic heterocycles. The van der Waals surface area contributed by atoms with Crippen molar-refractivity contribution in [2.75, 3.05) is 0 Å². The molecule has 2 heteroatoms. The molecule has 0 spiro atoms. The maximum Gasteiger partial charge on any atom is 0.119 e. The van der Waals surface area contributed by atoms with E-state index in [0.29, 0.717) is 6.10 Å². The first kappa shape index (κ1) is 12.4. The van der Waals surface area contributed by atoms with Crippen LogP contribution in [0, 0.1) is 5.92 Å². The monoisotopic (exact) mass is 234 g/mol. The number of rotatable bonds is 4. The molecule has 1 saturated carbocycles. The summed E-state index contributed by atoms with van der Waals surface area (Å²) in [5.41, 5.74) is 0.937. The fourth-order valence-electron chi connectivity index (χ4n) is 2.52. The third kappa shape index (κ3) is 3.47. The van der Waals surface area contributed by atoms with Gasteiger partial charge in [-0.25, -0.2) is 0 Å². The Morgan fingerprint density at radius 3 is 2.29 bits per heavy atom. The molecule has 0 unspecified atom stereocenters. The Labute approximate surface area is 104 Å². The summed E-state index contributed by atoms with van der Waals surface area (Å²) in [4.78, 5) is 0. The van der Waals surface area contributed by atoms with Gasteiger partial charge in [-0.1, -0.05) is 25.5 Å². The van der Waals surface area contributed by atoms with E-state index in [4.69, 9.17) is 9.84 Å². The van der Waals surface area contributed by atoms with E-state index < -0.39 is 0 Å². The van der Waals surface area contributed by atoms with Crippen LogP contribution in [0.4, 0.5) is 0 Å². The van der Waals surface area contributed by atoms with E-state index >= 15 is 0 Å². The predicted molar refractivity (Wildman–Crippen MR) is 69.0 cm³/mol. The highest BCUT2D eigenvalue weighted by atomic mass is 16.5. The van der Waals surface area contributed by atoms with Crippen LogP contribution in [0.25, 0.3) is 0 Å². The molecule has 0 radical (unpaired) electrons. The lowest BCUT2D eigenvalue weighted by atomic mass is 9.86. The van der Waals surface area contributed by atoms with Crippen LogP contribution in [-0.2, 0) is 6.61 Å². The zero-order valence-electron chi connectivity index (χ0n) is 10.6. The predicted octanol–water partition coefficient (Wildman–Crippen LogP) is 3.53. The number of benzene rings is 1. The second kappa shape index (κ2) is 6.06. The minimum absolute atomic E-state index is 0.0991. The summed E-state index contributed by atoms with van der Waals surface area (Å²) < 4.78 is 5.97. The smallest absolute Gasteiger partial charge is 0.119 e. The standard InChI is InChI=1S/C15H22O2/c1-2-12-3-7-14(8-4-12)17-15-9-5-13(11-16)6-10-15/h5-6,9-10,12,14,16H,2-4,7-8,11H2,1H3. The van der Waals surface area contributed by atoms with Crippen molar-refractivity contribution >= 4 is 0 Å². The Kier molecular flexibility index (Phi) is 4.43. The van der Waals surface area contributed by atoms with Gasteiger partial charge >= 0.3 is 0 Å². The van der Waals surface area contributed by atoms with Gasteiger partial charge in [0, 0.05) is 0 Å². The number of hydrogen-bond acceptors (Lipinski definition) is 2. The van der Waals surface area contributed by atoms with E-state index in [2.05, 4.69) is 6.92 Å². The number of ether oxygens (including phenoxy) is 1. The topological polar surface area (TPSA) is 29.5 Å². The molecule has 0 aliphatic heterocycles. The van der Waals surface area contributed by atoms with E-state index in [1.165, 1.54) is 32.1 Å². The highest BCUT2D eigenvalue weighted by molar-refractivity contribution is 5.27. The van der Waals surface area contributed by atoms with Crippen LogP contribution in [0.2, 0.25) is 0 Å². The van der Waals surface area contributed by atoms with Gasteiger partial charge in [0.1, 0.15) is 5.75 Å². The average Bonchev–Trinajstić information content (AvgIpc) is 2.40. The Morgan fingerprint density at radius 2 is 1.76 bits per heavy atom. The lowest BCUT2D eigenvalue weighted by molar-refractivity contribution is 0.130. The van der Waals surface area contributed by atoms with Crippen molar-refractivity contribution in [2.24, 2.45) is 5.92 Å². The molecule has 17 heavy (non-hydrogen) atoms. The van der Waals surface area contributed by atoms with Gasteiger partial charge in [-0.15, -0.1) is 0 Å². The van der Waals surface area contributed by atoms with Crippen LogP contribution < -0.4 is 4.74 Å². The first-order valence-corrected chi connectivity index (χ1v) is 6.68. The number of aliphatic hydroxyl groups is 1. The van der Waals surface area contributed by atoms with E-state index in [-0.39, 0.29) is 6.61 Å². The molecule has 2 rings (SSSR count). The first-order chi connectivity index (χ1) is 8.31. The summed E-state index contributed by atoms with van der Waals surface area (Å²) in [5, 5.41) is 8.97. The molecule has 0 bridgehead atoms. The van der Waals surface area contributed by atoms with Crippen molar-refractivity contribution in [3.63, 3.8) is 0 Å². The van der Waals surface area contributed by atoms with Gasteiger partial charge in [-0.05, 0) is 49.3 Å². The van der Waals surface area contributed by atoms with Crippen molar-refractivity contribution in [1.82, 2.24) is 0 Å². The van der Waals surface area contributed by atoms with Gasteiger partial charge in [-0.2, -0.15) is 0 Å². The van der Waals surface area contributed by atoms with Crippen molar-refractivity contribution < 1.29 is 9.84 Å². The molecule has 2 nitrogen and oxygen atoms in total. The van der Waals surface area contributed by atoms with E-state index in [0.717, 1.165) is 17.2 Å². The van der Waals surface area contributed by atoms with Crippen LogP contribution in [0.3, 0.4) is 0 Å². The zero-order chi connectivity index (χ0) is 12.1. The molecule has 1 aromatic carbocycles. The molecule has 0 atom stereocenters. The summed E-state index contributed by atoms with van der Waals surface area (Å²) in [7, 11) is 0. The first-order valence-electron chi connectivity index (χ1n) is 6.68. The van der Waals surface area contributed by atoms with Gasteiger partial charge < -0.3 is 9.84 Å². The molecule has 0 amide bonds. The summed E-state index contributed by atoms with van der Waals surface area (Å²) in [5.74, 6) is 1.84. The fraction of sp³-hybridized carbons (Fsp3) is 0.600. The molecular formula is C15H22O2. The van der Waals surface area contributed by atoms with Crippen molar-refractivity contribution in [3.05, 3.63) is 29.8 Å². The normalized spacial score (nSPS) is 24.6. The minimum Gasteiger partial charge on any atom is -0.490 e. The number of hydrogen-bond donors (Lipinski definition) is 1. The maximum atomic E-state index is 8.97. The van der Waals surface area contributed by atoms with Crippen LogP contribution in [0.1, 0.15) is 44.6 Å². The van der Waals surface area contributed by atoms with Crippen molar-refractivity contribution in [2.45, 2.75) is 51.7 Å². The average molecular weight is 234 g/mol. The largest absolute Gasteiger partial charge is 0.490 e. The van der Waals surface area contributed by atoms with E-state index in [1.807, 2.05) is 24.3 Å². The molecule has 1 N–H and O–H groups in total. The zero-order valence-corrected chi connectivity index (χ0v) is 10.6. The Bertz CT molecular complexity index is 323. The quantitative estimate of drug-likeness (QED) is 0.863. The SMILES string of the molecule is CCC1CCC(Oc2ccc(CO)cc2)CC1. The van der Waals surface area contributed by atoms with Gasteiger partial charge in [0.05, 0.1) is 12.7 Å². The lowest BCUT2D eigenvalue weighted by Crippen LogP contribution is -2.23. The number of aliphatic hydroxyl groups excluding tert-OH is 1. The minimum atomic E-state index is 0.0991. The van der Waals surface area contributed by atoms with Gasteiger partial charge in [-0.3, -0.25) is 0 Å². The van der Waals surface area contributed by atoms with Crippen molar-refractivity contribution in [3.8, 4) is 5.75 Å². The molecule has 1 aromatic rings. The highest BCUT2D eigenvalue weighted by Crippen LogP contribution is 2.29. The van der Waals surface area contributed by atoms with Crippen LogP contribution in [-0.4, -0.2) is 11.2 Å². The molecule has 1 fully saturated rings. The van der Waals surface area contributed by atoms with Gasteiger partial charge in [0.2, 0.25) is 0 Å².